The summed E-state index contributed by atoms with van der Waals surface area (Å²) >= 11 is 0. The predicted molar refractivity (Wildman–Crippen MR) is 56.6 cm³/mol. The van der Waals surface area contributed by atoms with Crippen molar-refractivity contribution in [3.05, 3.63) is 0 Å². The van der Waals surface area contributed by atoms with Crippen LogP contribution >= 0.6 is 0 Å². The van der Waals surface area contributed by atoms with Crippen LogP contribution in [0.4, 0.5) is 0 Å². The van der Waals surface area contributed by atoms with Crippen LogP contribution in [-0.2, 0) is 0 Å². The summed E-state index contributed by atoms with van der Waals surface area (Å²) in [7, 11) is 0. The SMILES string of the molecule is CC[C@]1(C)CC[C@H](O)C[C@H]1C(C)C. The van der Waals surface area contributed by atoms with Crippen molar-refractivity contribution in [3.8, 4) is 0 Å². The van der Waals surface area contributed by atoms with Crippen LogP contribution in [0, 0.1) is 17.3 Å². The normalized spacial score (nSPS) is 41.1. The molecule has 0 spiro atoms. The van der Waals surface area contributed by atoms with Gasteiger partial charge in [-0.15, -0.1) is 0 Å². The van der Waals surface area contributed by atoms with Crippen molar-refractivity contribution in [2.24, 2.45) is 17.3 Å². The summed E-state index contributed by atoms with van der Waals surface area (Å²) < 4.78 is 0. The van der Waals surface area contributed by atoms with Gasteiger partial charge in [-0.3, -0.25) is 0 Å². The van der Waals surface area contributed by atoms with E-state index in [1.54, 1.807) is 0 Å². The number of rotatable bonds is 2. The Kier molecular flexibility index (Phi) is 3.39. The molecule has 1 nitrogen and oxygen atoms in total. The Morgan fingerprint density at radius 1 is 1.46 bits per heavy atom. The Labute approximate surface area is 82.5 Å². The first-order valence-corrected chi connectivity index (χ1v) is 5.67. The zero-order chi connectivity index (χ0) is 10.1. The van der Waals surface area contributed by atoms with Crippen molar-refractivity contribution in [3.63, 3.8) is 0 Å². The lowest BCUT2D eigenvalue weighted by Crippen LogP contribution is -2.38. The maximum absolute atomic E-state index is 9.66. The molecule has 0 unspecified atom stereocenters. The van der Waals surface area contributed by atoms with Crippen LogP contribution in [0.5, 0.6) is 0 Å². The molecule has 0 radical (unpaired) electrons. The minimum absolute atomic E-state index is 0.0352. The molecule has 1 aliphatic carbocycles. The van der Waals surface area contributed by atoms with E-state index in [0.29, 0.717) is 17.3 Å². The second-order valence-electron chi connectivity index (χ2n) is 5.29. The first kappa shape index (κ1) is 11.0. The summed E-state index contributed by atoms with van der Waals surface area (Å²) in [6, 6.07) is 0. The third-order valence-electron chi connectivity index (χ3n) is 4.08. The molecular formula is C12H24O. The molecule has 1 rings (SSSR count). The van der Waals surface area contributed by atoms with Crippen molar-refractivity contribution < 1.29 is 5.11 Å². The maximum atomic E-state index is 9.66. The quantitative estimate of drug-likeness (QED) is 0.698. The van der Waals surface area contributed by atoms with Crippen LogP contribution in [0.2, 0.25) is 0 Å². The molecule has 0 aromatic heterocycles. The van der Waals surface area contributed by atoms with E-state index in [2.05, 4.69) is 27.7 Å². The van der Waals surface area contributed by atoms with Gasteiger partial charge in [-0.05, 0) is 36.5 Å². The Balaban J connectivity index is 2.72. The van der Waals surface area contributed by atoms with Gasteiger partial charge >= 0.3 is 0 Å². The van der Waals surface area contributed by atoms with Crippen LogP contribution in [0.1, 0.15) is 53.4 Å². The van der Waals surface area contributed by atoms with Gasteiger partial charge in [0.25, 0.3) is 0 Å². The molecular weight excluding hydrogens is 160 g/mol. The minimum atomic E-state index is -0.0352. The number of aliphatic hydroxyl groups excluding tert-OH is 1. The van der Waals surface area contributed by atoms with Crippen molar-refractivity contribution >= 4 is 0 Å². The second kappa shape index (κ2) is 4.00. The molecule has 1 heteroatoms. The lowest BCUT2D eigenvalue weighted by Gasteiger charge is -2.45. The third kappa shape index (κ3) is 2.25. The van der Waals surface area contributed by atoms with Crippen LogP contribution in [0.15, 0.2) is 0 Å². The second-order valence-corrected chi connectivity index (χ2v) is 5.29. The minimum Gasteiger partial charge on any atom is -0.393 e. The van der Waals surface area contributed by atoms with Crippen LogP contribution in [0.25, 0.3) is 0 Å². The lowest BCUT2D eigenvalue weighted by molar-refractivity contribution is -0.00547. The zero-order valence-corrected chi connectivity index (χ0v) is 9.51. The maximum Gasteiger partial charge on any atom is 0.0543 e. The molecule has 1 aliphatic rings. The monoisotopic (exact) mass is 184 g/mol. The first-order chi connectivity index (χ1) is 5.99. The van der Waals surface area contributed by atoms with Crippen molar-refractivity contribution in [1.82, 2.24) is 0 Å². The average molecular weight is 184 g/mol. The largest absolute Gasteiger partial charge is 0.393 e. The topological polar surface area (TPSA) is 20.2 Å². The fraction of sp³-hybridized carbons (Fsp3) is 1.00. The summed E-state index contributed by atoms with van der Waals surface area (Å²) in [4.78, 5) is 0. The number of hydrogen-bond acceptors (Lipinski definition) is 1. The van der Waals surface area contributed by atoms with Gasteiger partial charge in [0.2, 0.25) is 0 Å². The summed E-state index contributed by atoms with van der Waals surface area (Å²) in [6.07, 6.45) is 4.44. The van der Waals surface area contributed by atoms with Gasteiger partial charge in [-0.2, -0.15) is 0 Å². The van der Waals surface area contributed by atoms with Gasteiger partial charge < -0.3 is 5.11 Å². The van der Waals surface area contributed by atoms with Crippen LogP contribution in [-0.4, -0.2) is 11.2 Å². The van der Waals surface area contributed by atoms with Crippen molar-refractivity contribution in [2.45, 2.75) is 59.5 Å². The molecule has 0 aliphatic heterocycles. The fourth-order valence-corrected chi connectivity index (χ4v) is 2.89. The van der Waals surface area contributed by atoms with Gasteiger partial charge in [-0.25, -0.2) is 0 Å². The van der Waals surface area contributed by atoms with E-state index in [9.17, 15) is 5.11 Å². The number of aliphatic hydroxyl groups is 1. The number of hydrogen-bond donors (Lipinski definition) is 1. The Morgan fingerprint density at radius 3 is 2.54 bits per heavy atom. The van der Waals surface area contributed by atoms with Gasteiger partial charge in [0.05, 0.1) is 6.10 Å². The smallest absolute Gasteiger partial charge is 0.0543 e. The van der Waals surface area contributed by atoms with Crippen molar-refractivity contribution in [1.29, 1.82) is 0 Å². The summed E-state index contributed by atoms with van der Waals surface area (Å²) in [5, 5.41) is 9.66. The standard InChI is InChI=1S/C12H24O/c1-5-12(4)7-6-10(13)8-11(12)9(2)3/h9-11,13H,5-8H2,1-4H3/t10-,11-,12+/m0/s1. The molecule has 0 aromatic rings. The molecule has 3 atom stereocenters. The van der Waals surface area contributed by atoms with E-state index in [0.717, 1.165) is 12.8 Å². The van der Waals surface area contributed by atoms with E-state index in [1.807, 2.05) is 0 Å². The predicted octanol–water partition coefficient (Wildman–Crippen LogP) is 3.22. The van der Waals surface area contributed by atoms with E-state index in [4.69, 9.17) is 0 Å². The summed E-state index contributed by atoms with van der Waals surface area (Å²) in [5.74, 6) is 1.42. The Bertz CT molecular complexity index is 165. The molecule has 0 saturated heterocycles. The highest BCUT2D eigenvalue weighted by molar-refractivity contribution is 4.89. The van der Waals surface area contributed by atoms with Gasteiger partial charge in [-0.1, -0.05) is 34.1 Å². The van der Waals surface area contributed by atoms with Crippen LogP contribution < -0.4 is 0 Å². The third-order valence-corrected chi connectivity index (χ3v) is 4.08. The van der Waals surface area contributed by atoms with Crippen molar-refractivity contribution in [2.75, 3.05) is 0 Å². The summed E-state index contributed by atoms with van der Waals surface area (Å²) in [5.41, 5.74) is 0.480. The average Bonchev–Trinajstić information content (AvgIpc) is 2.09. The lowest BCUT2D eigenvalue weighted by atomic mass is 9.61. The van der Waals surface area contributed by atoms with Crippen LogP contribution in [0.3, 0.4) is 0 Å². The Morgan fingerprint density at radius 2 is 2.08 bits per heavy atom. The molecule has 1 N–H and O–H groups in total. The van der Waals surface area contributed by atoms with E-state index in [-0.39, 0.29) is 6.10 Å². The zero-order valence-electron chi connectivity index (χ0n) is 9.51. The molecule has 13 heavy (non-hydrogen) atoms. The van der Waals surface area contributed by atoms with Gasteiger partial charge in [0.15, 0.2) is 0 Å². The molecule has 0 bridgehead atoms. The van der Waals surface area contributed by atoms with E-state index in [1.165, 1.54) is 12.8 Å². The van der Waals surface area contributed by atoms with E-state index >= 15 is 0 Å². The van der Waals surface area contributed by atoms with Gasteiger partial charge in [0, 0.05) is 0 Å². The Hall–Kier alpha value is -0.0400. The van der Waals surface area contributed by atoms with Gasteiger partial charge in [0.1, 0.15) is 0 Å². The highest BCUT2D eigenvalue weighted by Gasteiger charge is 2.39. The first-order valence-electron chi connectivity index (χ1n) is 5.67. The molecule has 0 amide bonds. The molecule has 0 heterocycles. The molecule has 0 aromatic carbocycles. The highest BCUT2D eigenvalue weighted by atomic mass is 16.3. The fourth-order valence-electron chi connectivity index (χ4n) is 2.89. The summed E-state index contributed by atoms with van der Waals surface area (Å²) in [6.45, 7) is 9.25. The molecule has 1 fully saturated rings. The highest BCUT2D eigenvalue weighted by Crippen LogP contribution is 2.46. The molecule has 78 valence electrons. The molecule has 1 saturated carbocycles. The van der Waals surface area contributed by atoms with E-state index < -0.39 is 0 Å².